The van der Waals surface area contributed by atoms with Crippen molar-refractivity contribution in [3.8, 4) is 5.75 Å². The van der Waals surface area contributed by atoms with Gasteiger partial charge in [-0.3, -0.25) is 4.79 Å². The fourth-order valence-corrected chi connectivity index (χ4v) is 3.03. The number of nitrogens with zero attached hydrogens (tertiary/aromatic N) is 1. The molecule has 126 valence electrons. The van der Waals surface area contributed by atoms with Crippen LogP contribution in [0.1, 0.15) is 20.3 Å². The smallest absolute Gasteiger partial charge is 0.344 e. The Hall–Kier alpha value is -1.75. The zero-order valence-corrected chi connectivity index (χ0v) is 14.2. The minimum atomic E-state index is -0.587. The van der Waals surface area contributed by atoms with Gasteiger partial charge in [-0.05, 0) is 30.4 Å². The number of carbonyl (C=O) groups excluding carboxylic acids is 2. The number of carbonyl (C=O) groups is 2. The van der Waals surface area contributed by atoms with Crippen molar-refractivity contribution in [3.05, 3.63) is 29.3 Å². The molecular formula is C17H22ClNO4. The van der Waals surface area contributed by atoms with Gasteiger partial charge >= 0.3 is 5.97 Å². The average molecular weight is 340 g/mol. The zero-order valence-electron chi connectivity index (χ0n) is 13.5. The van der Waals surface area contributed by atoms with E-state index in [0.717, 1.165) is 19.5 Å². The fraction of sp³-hybridized carbons (Fsp3) is 0.529. The Morgan fingerprint density at radius 1 is 1.17 bits per heavy atom. The molecule has 23 heavy (non-hydrogen) atoms. The van der Waals surface area contributed by atoms with Gasteiger partial charge in [-0.1, -0.05) is 37.6 Å². The SMILES string of the molecule is CC1CC(C)CN(C(=O)COC(=O)COc2ccccc2Cl)C1. The first-order valence-electron chi connectivity index (χ1n) is 7.76. The summed E-state index contributed by atoms with van der Waals surface area (Å²) in [5.74, 6) is 0.617. The van der Waals surface area contributed by atoms with Gasteiger partial charge in [-0.15, -0.1) is 0 Å². The van der Waals surface area contributed by atoms with Crippen LogP contribution >= 0.6 is 11.6 Å². The van der Waals surface area contributed by atoms with Crippen LogP contribution in [-0.4, -0.2) is 43.1 Å². The van der Waals surface area contributed by atoms with Gasteiger partial charge in [0.15, 0.2) is 13.2 Å². The minimum Gasteiger partial charge on any atom is -0.480 e. The summed E-state index contributed by atoms with van der Waals surface area (Å²) in [7, 11) is 0. The summed E-state index contributed by atoms with van der Waals surface area (Å²) in [6, 6.07) is 6.86. The van der Waals surface area contributed by atoms with Crippen molar-refractivity contribution in [1.82, 2.24) is 4.90 Å². The summed E-state index contributed by atoms with van der Waals surface area (Å²) >= 11 is 5.93. The first-order chi connectivity index (χ1) is 11.0. The Morgan fingerprint density at radius 2 is 1.83 bits per heavy atom. The van der Waals surface area contributed by atoms with Crippen LogP contribution in [0.4, 0.5) is 0 Å². The highest BCUT2D eigenvalue weighted by Gasteiger charge is 2.25. The maximum absolute atomic E-state index is 12.1. The molecule has 0 aromatic heterocycles. The van der Waals surface area contributed by atoms with Crippen LogP contribution in [-0.2, 0) is 14.3 Å². The summed E-state index contributed by atoms with van der Waals surface area (Å²) in [6.45, 7) is 5.17. The Balaban J connectivity index is 1.73. The molecule has 0 N–H and O–H groups in total. The summed E-state index contributed by atoms with van der Waals surface area (Å²) < 4.78 is 10.3. The molecule has 1 saturated heterocycles. The molecule has 5 nitrogen and oxygen atoms in total. The Bertz CT molecular complexity index is 553. The fourth-order valence-electron chi connectivity index (χ4n) is 2.84. The number of piperidine rings is 1. The molecule has 1 heterocycles. The first-order valence-corrected chi connectivity index (χ1v) is 8.14. The van der Waals surface area contributed by atoms with E-state index in [1.54, 1.807) is 29.2 Å². The summed E-state index contributed by atoms with van der Waals surface area (Å²) in [5, 5.41) is 0.424. The van der Waals surface area contributed by atoms with Gasteiger partial charge in [0.05, 0.1) is 5.02 Å². The molecule has 1 amide bonds. The Morgan fingerprint density at radius 3 is 2.48 bits per heavy atom. The van der Waals surface area contributed by atoms with E-state index in [4.69, 9.17) is 21.1 Å². The van der Waals surface area contributed by atoms with E-state index in [-0.39, 0.29) is 19.1 Å². The number of halogens is 1. The van der Waals surface area contributed by atoms with E-state index < -0.39 is 5.97 Å². The third-order valence-electron chi connectivity index (χ3n) is 3.76. The zero-order chi connectivity index (χ0) is 16.8. The van der Waals surface area contributed by atoms with E-state index in [0.29, 0.717) is 22.6 Å². The van der Waals surface area contributed by atoms with Gasteiger partial charge in [-0.25, -0.2) is 4.79 Å². The minimum absolute atomic E-state index is 0.158. The van der Waals surface area contributed by atoms with Crippen LogP contribution in [0, 0.1) is 11.8 Å². The molecular weight excluding hydrogens is 318 g/mol. The monoisotopic (exact) mass is 339 g/mol. The topological polar surface area (TPSA) is 55.8 Å². The van der Waals surface area contributed by atoms with E-state index in [9.17, 15) is 9.59 Å². The maximum Gasteiger partial charge on any atom is 0.344 e. The number of hydrogen-bond acceptors (Lipinski definition) is 4. The highest BCUT2D eigenvalue weighted by Crippen LogP contribution is 2.23. The number of rotatable bonds is 5. The van der Waals surface area contributed by atoms with Crippen molar-refractivity contribution in [3.63, 3.8) is 0 Å². The molecule has 2 unspecified atom stereocenters. The molecule has 2 atom stereocenters. The van der Waals surface area contributed by atoms with Crippen molar-refractivity contribution < 1.29 is 19.1 Å². The predicted molar refractivity (Wildman–Crippen MR) is 87.4 cm³/mol. The average Bonchev–Trinajstić information content (AvgIpc) is 2.51. The second kappa shape index (κ2) is 8.20. The molecule has 0 aliphatic carbocycles. The van der Waals surface area contributed by atoms with Gasteiger partial charge in [0.1, 0.15) is 5.75 Å². The van der Waals surface area contributed by atoms with E-state index in [1.807, 2.05) is 0 Å². The molecule has 1 aromatic rings. The molecule has 0 spiro atoms. The van der Waals surface area contributed by atoms with Gasteiger partial charge in [0.2, 0.25) is 0 Å². The van der Waals surface area contributed by atoms with Crippen LogP contribution in [0.2, 0.25) is 5.02 Å². The van der Waals surface area contributed by atoms with E-state index in [1.165, 1.54) is 0 Å². The molecule has 0 saturated carbocycles. The highest BCUT2D eigenvalue weighted by molar-refractivity contribution is 6.32. The lowest BCUT2D eigenvalue weighted by molar-refractivity contribution is -0.154. The third-order valence-corrected chi connectivity index (χ3v) is 4.07. The van der Waals surface area contributed by atoms with Crippen LogP contribution < -0.4 is 4.74 Å². The van der Waals surface area contributed by atoms with Crippen LogP contribution in [0.25, 0.3) is 0 Å². The van der Waals surface area contributed by atoms with Gasteiger partial charge in [-0.2, -0.15) is 0 Å². The second-order valence-corrected chi connectivity index (χ2v) is 6.53. The molecule has 1 aromatic carbocycles. The van der Waals surface area contributed by atoms with Crippen LogP contribution in [0.15, 0.2) is 24.3 Å². The molecule has 1 fully saturated rings. The number of hydrogen-bond donors (Lipinski definition) is 0. The third kappa shape index (κ3) is 5.43. The van der Waals surface area contributed by atoms with Gasteiger partial charge in [0, 0.05) is 13.1 Å². The standard InChI is InChI=1S/C17H22ClNO4/c1-12-7-13(2)9-19(8-12)16(20)10-23-17(21)11-22-15-6-4-3-5-14(15)18/h3-6,12-13H,7-11H2,1-2H3. The maximum atomic E-state index is 12.1. The number of ether oxygens (including phenoxy) is 2. The van der Waals surface area contributed by atoms with Gasteiger partial charge < -0.3 is 14.4 Å². The van der Waals surface area contributed by atoms with Crippen molar-refractivity contribution in [1.29, 1.82) is 0 Å². The predicted octanol–water partition coefficient (Wildman–Crippen LogP) is 2.77. The number of benzene rings is 1. The van der Waals surface area contributed by atoms with Crippen LogP contribution in [0.5, 0.6) is 5.75 Å². The molecule has 0 radical (unpaired) electrons. The highest BCUT2D eigenvalue weighted by atomic mass is 35.5. The number of likely N-dealkylation sites (tertiary alicyclic amines) is 1. The summed E-state index contributed by atoms with van der Waals surface area (Å²) in [6.07, 6.45) is 1.12. The molecule has 2 rings (SSSR count). The summed E-state index contributed by atoms with van der Waals surface area (Å²) in [5.41, 5.74) is 0. The second-order valence-electron chi connectivity index (χ2n) is 6.12. The van der Waals surface area contributed by atoms with Crippen LogP contribution in [0.3, 0.4) is 0 Å². The normalized spacial score (nSPS) is 20.9. The lowest BCUT2D eigenvalue weighted by atomic mass is 9.92. The molecule has 6 heteroatoms. The molecule has 1 aliphatic heterocycles. The number of para-hydroxylation sites is 1. The van der Waals surface area contributed by atoms with Crippen molar-refractivity contribution in [2.45, 2.75) is 20.3 Å². The van der Waals surface area contributed by atoms with E-state index >= 15 is 0 Å². The lowest BCUT2D eigenvalue weighted by Crippen LogP contribution is -2.44. The molecule has 0 bridgehead atoms. The summed E-state index contributed by atoms with van der Waals surface area (Å²) in [4.78, 5) is 25.6. The number of amides is 1. The van der Waals surface area contributed by atoms with Crippen molar-refractivity contribution in [2.24, 2.45) is 11.8 Å². The van der Waals surface area contributed by atoms with E-state index in [2.05, 4.69) is 13.8 Å². The van der Waals surface area contributed by atoms with Crippen molar-refractivity contribution in [2.75, 3.05) is 26.3 Å². The van der Waals surface area contributed by atoms with Crippen molar-refractivity contribution >= 4 is 23.5 Å². The number of esters is 1. The van der Waals surface area contributed by atoms with Gasteiger partial charge in [0.25, 0.3) is 5.91 Å². The Labute approximate surface area is 141 Å². The quantitative estimate of drug-likeness (QED) is 0.774. The lowest BCUT2D eigenvalue weighted by Gasteiger charge is -2.34. The first kappa shape index (κ1) is 17.6. The Kier molecular flexibility index (Phi) is 6.28. The largest absolute Gasteiger partial charge is 0.480 e. The molecule has 1 aliphatic rings.